The van der Waals surface area contributed by atoms with Crippen LogP contribution in [0.25, 0.3) is 0 Å². The standard InChI is InChI=1S/C12H16ClN3O/c1-8-4-7-15-10(13)9(8)16-11(17)12(14)5-2-3-6-12/h4,7H,2-3,5-6,14H2,1H3,(H,16,17). The predicted octanol–water partition coefficient (Wildman–Crippen LogP) is 2.25. The summed E-state index contributed by atoms with van der Waals surface area (Å²) in [6, 6.07) is 1.80. The van der Waals surface area contributed by atoms with E-state index in [1.165, 1.54) is 0 Å². The number of pyridine rings is 1. The number of nitrogens with two attached hydrogens (primary N) is 1. The van der Waals surface area contributed by atoms with Crippen LogP contribution in [0.3, 0.4) is 0 Å². The van der Waals surface area contributed by atoms with Crippen LogP contribution >= 0.6 is 11.6 Å². The topological polar surface area (TPSA) is 68.0 Å². The minimum Gasteiger partial charge on any atom is -0.322 e. The van der Waals surface area contributed by atoms with Gasteiger partial charge >= 0.3 is 0 Å². The van der Waals surface area contributed by atoms with E-state index in [0.717, 1.165) is 31.2 Å². The van der Waals surface area contributed by atoms with E-state index in [4.69, 9.17) is 17.3 Å². The Hall–Kier alpha value is -1.13. The molecule has 0 unspecified atom stereocenters. The molecule has 3 N–H and O–H groups in total. The Morgan fingerprint density at radius 3 is 2.76 bits per heavy atom. The molecule has 0 spiro atoms. The monoisotopic (exact) mass is 253 g/mol. The Bertz CT molecular complexity index is 421. The van der Waals surface area contributed by atoms with E-state index in [0.29, 0.717) is 10.8 Å². The molecule has 2 rings (SSSR count). The van der Waals surface area contributed by atoms with Gasteiger partial charge in [0.25, 0.3) is 0 Å². The van der Waals surface area contributed by atoms with Crippen molar-refractivity contribution >= 4 is 23.2 Å². The number of amides is 1. The number of carbonyl (C=O) groups is 1. The lowest BCUT2D eigenvalue weighted by molar-refractivity contribution is -0.121. The number of rotatable bonds is 2. The first-order valence-electron chi connectivity index (χ1n) is 5.74. The van der Waals surface area contributed by atoms with Gasteiger partial charge in [0.1, 0.15) is 0 Å². The normalized spacial score (nSPS) is 18.1. The Kier molecular flexibility index (Phi) is 3.35. The molecule has 0 atom stereocenters. The van der Waals surface area contributed by atoms with Crippen LogP contribution in [0.2, 0.25) is 5.15 Å². The molecule has 4 nitrogen and oxygen atoms in total. The van der Waals surface area contributed by atoms with Gasteiger partial charge in [-0.1, -0.05) is 24.4 Å². The number of aromatic nitrogens is 1. The number of hydrogen-bond donors (Lipinski definition) is 2. The molecule has 0 radical (unpaired) electrons. The van der Waals surface area contributed by atoms with Crippen molar-refractivity contribution in [3.63, 3.8) is 0 Å². The first-order chi connectivity index (χ1) is 8.03. The summed E-state index contributed by atoms with van der Waals surface area (Å²) < 4.78 is 0. The van der Waals surface area contributed by atoms with E-state index in [1.807, 2.05) is 6.92 Å². The van der Waals surface area contributed by atoms with Crippen LogP contribution in [0.5, 0.6) is 0 Å². The third-order valence-corrected chi connectivity index (χ3v) is 3.59. The van der Waals surface area contributed by atoms with E-state index < -0.39 is 5.54 Å². The molecule has 1 aromatic heterocycles. The van der Waals surface area contributed by atoms with E-state index in [2.05, 4.69) is 10.3 Å². The van der Waals surface area contributed by atoms with Crippen molar-refractivity contribution < 1.29 is 4.79 Å². The zero-order chi connectivity index (χ0) is 12.5. The third-order valence-electron chi connectivity index (χ3n) is 3.30. The fourth-order valence-corrected chi connectivity index (χ4v) is 2.40. The molecule has 0 aliphatic heterocycles. The number of halogens is 1. The zero-order valence-electron chi connectivity index (χ0n) is 9.79. The van der Waals surface area contributed by atoms with E-state index in [-0.39, 0.29) is 5.91 Å². The fourth-order valence-electron chi connectivity index (χ4n) is 2.15. The van der Waals surface area contributed by atoms with Crippen LogP contribution in [-0.2, 0) is 4.79 Å². The maximum atomic E-state index is 12.1. The minimum absolute atomic E-state index is 0.159. The van der Waals surface area contributed by atoms with Crippen molar-refractivity contribution in [3.8, 4) is 0 Å². The number of nitrogens with zero attached hydrogens (tertiary/aromatic N) is 1. The van der Waals surface area contributed by atoms with Gasteiger partial charge in [-0.2, -0.15) is 0 Å². The van der Waals surface area contributed by atoms with Crippen molar-refractivity contribution in [1.29, 1.82) is 0 Å². The lowest BCUT2D eigenvalue weighted by atomic mass is 9.98. The Morgan fingerprint density at radius 1 is 1.53 bits per heavy atom. The summed E-state index contributed by atoms with van der Waals surface area (Å²) in [7, 11) is 0. The summed E-state index contributed by atoms with van der Waals surface area (Å²) in [4.78, 5) is 16.1. The first kappa shape index (κ1) is 12.3. The molecule has 17 heavy (non-hydrogen) atoms. The molecular weight excluding hydrogens is 238 g/mol. The second-order valence-electron chi connectivity index (χ2n) is 4.61. The fraction of sp³-hybridized carbons (Fsp3) is 0.500. The lowest BCUT2D eigenvalue weighted by Gasteiger charge is -2.23. The van der Waals surface area contributed by atoms with Gasteiger partial charge in [0.05, 0.1) is 11.2 Å². The summed E-state index contributed by atoms with van der Waals surface area (Å²) >= 11 is 5.96. The molecule has 1 fully saturated rings. The maximum Gasteiger partial charge on any atom is 0.244 e. The average Bonchev–Trinajstić information content (AvgIpc) is 2.72. The van der Waals surface area contributed by atoms with Crippen LogP contribution in [0.15, 0.2) is 12.3 Å². The molecule has 1 aromatic rings. The smallest absolute Gasteiger partial charge is 0.244 e. The van der Waals surface area contributed by atoms with Gasteiger partial charge in [0.2, 0.25) is 5.91 Å². The van der Waals surface area contributed by atoms with Gasteiger partial charge < -0.3 is 11.1 Å². The van der Waals surface area contributed by atoms with Crippen molar-refractivity contribution in [2.24, 2.45) is 5.73 Å². The SMILES string of the molecule is Cc1ccnc(Cl)c1NC(=O)C1(N)CCCC1. The largest absolute Gasteiger partial charge is 0.322 e. The zero-order valence-corrected chi connectivity index (χ0v) is 10.5. The van der Waals surface area contributed by atoms with Gasteiger partial charge in [-0.05, 0) is 31.4 Å². The molecule has 1 saturated carbocycles. The molecule has 1 heterocycles. The van der Waals surface area contributed by atoms with Crippen molar-refractivity contribution in [1.82, 2.24) is 4.98 Å². The van der Waals surface area contributed by atoms with E-state index in [9.17, 15) is 4.79 Å². The van der Waals surface area contributed by atoms with Gasteiger partial charge in [-0.25, -0.2) is 4.98 Å². The number of anilines is 1. The van der Waals surface area contributed by atoms with Gasteiger partial charge in [0, 0.05) is 6.20 Å². The summed E-state index contributed by atoms with van der Waals surface area (Å²) in [6.45, 7) is 1.88. The molecule has 0 aromatic carbocycles. The van der Waals surface area contributed by atoms with E-state index in [1.54, 1.807) is 12.3 Å². The number of hydrogen-bond acceptors (Lipinski definition) is 3. The van der Waals surface area contributed by atoms with E-state index >= 15 is 0 Å². The second kappa shape index (κ2) is 4.63. The van der Waals surface area contributed by atoms with Crippen LogP contribution in [0.1, 0.15) is 31.2 Å². The molecule has 0 bridgehead atoms. The molecule has 1 aliphatic rings. The van der Waals surface area contributed by atoms with Crippen LogP contribution in [-0.4, -0.2) is 16.4 Å². The van der Waals surface area contributed by atoms with Crippen LogP contribution in [0, 0.1) is 6.92 Å². The summed E-state index contributed by atoms with van der Waals surface area (Å²) in [6.07, 6.45) is 5.08. The highest BCUT2D eigenvalue weighted by Crippen LogP contribution is 2.30. The van der Waals surface area contributed by atoms with Crippen molar-refractivity contribution in [3.05, 3.63) is 23.0 Å². The van der Waals surface area contributed by atoms with Crippen molar-refractivity contribution in [2.45, 2.75) is 38.1 Å². The number of carbonyl (C=O) groups excluding carboxylic acids is 1. The Balaban J connectivity index is 2.18. The number of nitrogens with one attached hydrogen (secondary N) is 1. The summed E-state index contributed by atoms with van der Waals surface area (Å²) in [5.74, 6) is -0.159. The molecule has 0 saturated heterocycles. The minimum atomic E-state index is -0.744. The van der Waals surface area contributed by atoms with Gasteiger partial charge in [0.15, 0.2) is 5.15 Å². The molecule has 5 heteroatoms. The predicted molar refractivity (Wildman–Crippen MR) is 68.0 cm³/mol. The molecule has 1 amide bonds. The highest BCUT2D eigenvalue weighted by atomic mass is 35.5. The molecule has 92 valence electrons. The van der Waals surface area contributed by atoms with Crippen molar-refractivity contribution in [2.75, 3.05) is 5.32 Å². The quantitative estimate of drug-likeness (QED) is 0.795. The maximum absolute atomic E-state index is 12.1. The summed E-state index contributed by atoms with van der Waals surface area (Å²) in [5, 5.41) is 3.11. The lowest BCUT2D eigenvalue weighted by Crippen LogP contribution is -2.48. The van der Waals surface area contributed by atoms with Crippen LogP contribution < -0.4 is 11.1 Å². The molecule has 1 aliphatic carbocycles. The first-order valence-corrected chi connectivity index (χ1v) is 6.12. The summed E-state index contributed by atoms with van der Waals surface area (Å²) in [5.41, 5.74) is 6.79. The number of aryl methyl sites for hydroxylation is 1. The second-order valence-corrected chi connectivity index (χ2v) is 4.97. The molecular formula is C12H16ClN3O. The van der Waals surface area contributed by atoms with Gasteiger partial charge in [-0.3, -0.25) is 4.79 Å². The highest BCUT2D eigenvalue weighted by Gasteiger charge is 2.37. The Labute approximate surface area is 106 Å². The van der Waals surface area contributed by atoms with Gasteiger partial charge in [-0.15, -0.1) is 0 Å². The highest BCUT2D eigenvalue weighted by molar-refractivity contribution is 6.32. The Morgan fingerprint density at radius 2 is 2.18 bits per heavy atom. The third kappa shape index (κ3) is 2.42. The average molecular weight is 254 g/mol. The van der Waals surface area contributed by atoms with Crippen LogP contribution in [0.4, 0.5) is 5.69 Å².